The standard InChI is InChI=1S/C54H65NO4S5/c1-7-10-13-16-18-21-24-36(23-20-15-12-9-3)32-55-53(57)43-35(6)62-52(48(43)54(55)58)41-28-27-40(63-41)45-47-46(44(49(45)56)39-26-25-33(4)60-39)50-37(30-34(5)61-50)38-31-42(64-51(38)47)59-29-22-19-17-14-11-8-2/h25-28,30-31,36H,7-24,29,32H2,1-6H3. The van der Waals surface area contributed by atoms with Crippen LogP contribution in [0.3, 0.4) is 0 Å². The zero-order valence-electron chi connectivity index (χ0n) is 38.8. The third kappa shape index (κ3) is 9.69. The van der Waals surface area contributed by atoms with Gasteiger partial charge in [0.1, 0.15) is 0 Å². The fraction of sp³-hybridized carbons (Fsp3) is 0.500. The van der Waals surface area contributed by atoms with Gasteiger partial charge in [0.25, 0.3) is 11.8 Å². The molecule has 0 bridgehead atoms. The van der Waals surface area contributed by atoms with Gasteiger partial charge in [0.2, 0.25) is 0 Å². The number of ether oxygens (including phenoxy) is 1. The van der Waals surface area contributed by atoms with Crippen LogP contribution < -0.4 is 15.2 Å². The molecule has 0 saturated carbocycles. The van der Waals surface area contributed by atoms with Gasteiger partial charge in [-0.05, 0) is 76.3 Å². The maximum Gasteiger partial charge on any atom is 0.263 e. The first kappa shape index (κ1) is 47.1. The zero-order valence-corrected chi connectivity index (χ0v) is 42.9. The number of Topliss-reactive ketones (excluding diaryl/α,β-unsaturated/α-hetero) is 1. The summed E-state index contributed by atoms with van der Waals surface area (Å²) in [5.74, 6) is 0.0762. The van der Waals surface area contributed by atoms with Gasteiger partial charge in [0.15, 0.2) is 10.8 Å². The second-order valence-electron chi connectivity index (χ2n) is 18.2. The molecule has 64 heavy (non-hydrogen) atoms. The van der Waals surface area contributed by atoms with Crippen LogP contribution in [-0.4, -0.2) is 35.6 Å². The molecule has 0 fully saturated rings. The van der Waals surface area contributed by atoms with Crippen LogP contribution in [0, 0.1) is 26.7 Å². The summed E-state index contributed by atoms with van der Waals surface area (Å²) in [4.78, 5) is 52.5. The van der Waals surface area contributed by atoms with E-state index in [1.54, 1.807) is 61.6 Å². The Kier molecular flexibility index (Phi) is 15.8. The number of benzene rings is 1. The van der Waals surface area contributed by atoms with E-state index in [2.05, 4.69) is 71.0 Å². The summed E-state index contributed by atoms with van der Waals surface area (Å²) in [6.45, 7) is 14.2. The molecule has 5 nitrogen and oxygen atoms in total. The fourth-order valence-corrected chi connectivity index (χ4v) is 15.2. The minimum absolute atomic E-state index is 0.0495. The van der Waals surface area contributed by atoms with Crippen molar-refractivity contribution in [3.63, 3.8) is 0 Å². The molecule has 0 N–H and O–H groups in total. The lowest BCUT2D eigenvalue weighted by Crippen LogP contribution is -2.35. The van der Waals surface area contributed by atoms with Crippen LogP contribution in [0.15, 0.2) is 36.4 Å². The predicted octanol–water partition coefficient (Wildman–Crippen LogP) is 15.5. The summed E-state index contributed by atoms with van der Waals surface area (Å²) in [5, 5.41) is 5.26. The van der Waals surface area contributed by atoms with E-state index in [-0.39, 0.29) is 17.6 Å². The number of imide groups is 1. The van der Waals surface area contributed by atoms with E-state index in [0.717, 1.165) is 97.9 Å². The van der Waals surface area contributed by atoms with Gasteiger partial charge in [-0.1, -0.05) is 128 Å². The molecule has 6 aromatic rings. The molecule has 1 aliphatic heterocycles. The van der Waals surface area contributed by atoms with Crippen molar-refractivity contribution in [3.8, 4) is 14.8 Å². The lowest BCUT2D eigenvalue weighted by Gasteiger charge is -2.23. The number of nitrogens with zero attached hydrogens (tertiary/aromatic N) is 1. The average molecular weight is 952 g/mol. The van der Waals surface area contributed by atoms with Gasteiger partial charge < -0.3 is 4.74 Å². The van der Waals surface area contributed by atoms with Crippen molar-refractivity contribution in [2.45, 2.75) is 157 Å². The van der Waals surface area contributed by atoms with Crippen LogP contribution in [0.1, 0.15) is 181 Å². The molecule has 1 atom stereocenters. The van der Waals surface area contributed by atoms with Gasteiger partial charge in [-0.25, -0.2) is 0 Å². The van der Waals surface area contributed by atoms with E-state index in [1.165, 1.54) is 98.6 Å². The van der Waals surface area contributed by atoms with Crippen LogP contribution in [0.2, 0.25) is 0 Å². The Morgan fingerprint density at radius 2 is 1.09 bits per heavy atom. The summed E-state index contributed by atoms with van der Waals surface area (Å²) < 4.78 is 8.73. The van der Waals surface area contributed by atoms with Crippen LogP contribution in [0.4, 0.5) is 0 Å². The lowest BCUT2D eigenvalue weighted by molar-refractivity contribution is -0.108. The van der Waals surface area contributed by atoms with Crippen molar-refractivity contribution < 1.29 is 19.1 Å². The topological polar surface area (TPSA) is 63.7 Å². The maximum atomic E-state index is 15.2. The minimum Gasteiger partial charge on any atom is -0.484 e. The van der Waals surface area contributed by atoms with Gasteiger partial charge in [0, 0.05) is 83.6 Å². The highest BCUT2D eigenvalue weighted by molar-refractivity contribution is 7.24. The molecule has 1 unspecified atom stereocenters. The molecular weight excluding hydrogens is 887 g/mol. The molecule has 1 aromatic carbocycles. The number of aryl methyl sites for hydroxylation is 3. The largest absolute Gasteiger partial charge is 0.484 e. The Labute approximate surface area is 400 Å². The molecule has 0 spiro atoms. The number of fused-ring (bicyclic) bond motifs is 7. The minimum atomic E-state index is -0.154. The van der Waals surface area contributed by atoms with E-state index in [9.17, 15) is 9.59 Å². The normalized spacial score (nSPS) is 14.3. The van der Waals surface area contributed by atoms with Crippen LogP contribution in [0.5, 0.6) is 5.06 Å². The first-order valence-electron chi connectivity index (χ1n) is 24.2. The quantitative estimate of drug-likeness (QED) is 0.0424. The van der Waals surface area contributed by atoms with E-state index in [0.29, 0.717) is 30.2 Å². The Bertz CT molecular complexity index is 2770. The average Bonchev–Trinajstić information content (AvgIpc) is 4.15. The number of hydrogen-bond donors (Lipinski definition) is 0. The highest BCUT2D eigenvalue weighted by Gasteiger charge is 2.42. The third-order valence-electron chi connectivity index (χ3n) is 13.2. The molecule has 0 radical (unpaired) electrons. The number of ketones is 1. The van der Waals surface area contributed by atoms with E-state index in [1.807, 2.05) is 6.92 Å². The molecule has 340 valence electrons. The summed E-state index contributed by atoms with van der Waals surface area (Å²) in [6, 6.07) is 12.8. The van der Waals surface area contributed by atoms with Crippen molar-refractivity contribution in [1.82, 2.24) is 4.90 Å². The molecule has 2 amide bonds. The summed E-state index contributed by atoms with van der Waals surface area (Å²) in [7, 11) is 0. The fourth-order valence-electron chi connectivity index (χ4n) is 9.84. The van der Waals surface area contributed by atoms with Crippen molar-refractivity contribution in [2.75, 3.05) is 13.2 Å². The molecular formula is C54H65NO4S5. The Balaban J connectivity index is 1.15. The second-order valence-corrected chi connectivity index (χ2v) is 24.0. The molecule has 8 rings (SSSR count). The second kappa shape index (κ2) is 21.5. The number of hydrogen-bond acceptors (Lipinski definition) is 9. The first-order chi connectivity index (χ1) is 31.1. The van der Waals surface area contributed by atoms with Crippen molar-refractivity contribution in [2.24, 2.45) is 5.92 Å². The van der Waals surface area contributed by atoms with Crippen LogP contribution >= 0.6 is 56.7 Å². The molecule has 0 saturated heterocycles. The smallest absolute Gasteiger partial charge is 0.263 e. The Morgan fingerprint density at radius 3 is 1.75 bits per heavy atom. The van der Waals surface area contributed by atoms with Gasteiger partial charge >= 0.3 is 0 Å². The highest BCUT2D eigenvalue weighted by atomic mass is 32.1. The Morgan fingerprint density at radius 1 is 0.547 bits per heavy atom. The number of carbonyl (C=O) groups is 3. The maximum absolute atomic E-state index is 15.2. The number of unbranched alkanes of at least 4 members (excludes halogenated alkanes) is 13. The van der Waals surface area contributed by atoms with Gasteiger partial charge in [-0.15, -0.1) is 45.3 Å². The molecule has 10 heteroatoms. The lowest BCUT2D eigenvalue weighted by atomic mass is 9.93. The molecule has 1 aliphatic carbocycles. The summed E-state index contributed by atoms with van der Waals surface area (Å²) in [6.07, 6.45) is 21.6. The van der Waals surface area contributed by atoms with Gasteiger partial charge in [-0.2, -0.15) is 0 Å². The number of rotatable bonds is 25. The first-order valence-corrected chi connectivity index (χ1v) is 28.3. The predicted molar refractivity (Wildman–Crippen MR) is 277 cm³/mol. The monoisotopic (exact) mass is 951 g/mol. The highest BCUT2D eigenvalue weighted by Crippen LogP contribution is 2.46. The van der Waals surface area contributed by atoms with Gasteiger partial charge in [0.05, 0.1) is 22.6 Å². The van der Waals surface area contributed by atoms with E-state index < -0.39 is 0 Å². The summed E-state index contributed by atoms with van der Waals surface area (Å²) in [5.41, 5.74) is 2.64. The number of amides is 2. The van der Waals surface area contributed by atoms with Gasteiger partial charge in [-0.3, -0.25) is 19.3 Å². The zero-order chi connectivity index (χ0) is 44.9. The number of carbonyl (C=O) groups excluding carboxylic acids is 3. The number of thiophene rings is 5. The van der Waals surface area contributed by atoms with E-state index in [4.69, 9.17) is 4.74 Å². The van der Waals surface area contributed by atoms with Crippen molar-refractivity contribution >= 4 is 106 Å². The summed E-state index contributed by atoms with van der Waals surface area (Å²) >= 11 is 8.22. The molecule has 5 aromatic heterocycles. The SMILES string of the molecule is CCCCCCCCOc1cc2c(s1)c1c(c3sc(C)cc32)=C(c2ccc(C)s2)C(=O)C=1c1ccc(-c2sc(C)c3c2C(=O)N(CC(CCCCCC)CCCCCCCC)C3=O)s1. The Hall–Kier alpha value is -3.41. The molecule has 6 heterocycles. The van der Waals surface area contributed by atoms with Crippen LogP contribution in [0.25, 0.3) is 41.1 Å². The van der Waals surface area contributed by atoms with Crippen molar-refractivity contribution in [3.05, 3.63) is 82.3 Å². The van der Waals surface area contributed by atoms with Crippen molar-refractivity contribution in [1.29, 1.82) is 0 Å². The van der Waals surface area contributed by atoms with Crippen LogP contribution in [-0.2, 0) is 4.79 Å². The van der Waals surface area contributed by atoms with E-state index >= 15 is 4.79 Å². The molecule has 2 aliphatic rings. The third-order valence-corrected chi connectivity index (χ3v) is 18.7.